The standard InChI is InChI=1S/C18H14O5/c1-13(20)2-5-15-8-9-16(22-15)6-3-14(21)4-7-17-10-11-18(12-19)23-17/h2-12H,1H3/b5-2+,6-3+,7-4+. The maximum Gasteiger partial charge on any atom is 0.185 e. The molecule has 116 valence electrons. The van der Waals surface area contributed by atoms with Crippen molar-refractivity contribution in [2.75, 3.05) is 0 Å². The summed E-state index contributed by atoms with van der Waals surface area (Å²) in [5, 5.41) is 0. The van der Waals surface area contributed by atoms with Gasteiger partial charge in [-0.2, -0.15) is 0 Å². The summed E-state index contributed by atoms with van der Waals surface area (Å²) in [7, 11) is 0. The number of furan rings is 2. The molecule has 0 spiro atoms. The molecule has 0 aliphatic carbocycles. The van der Waals surface area contributed by atoms with Crippen molar-refractivity contribution in [1.29, 1.82) is 0 Å². The Labute approximate surface area is 132 Å². The van der Waals surface area contributed by atoms with E-state index < -0.39 is 0 Å². The minimum absolute atomic E-state index is 0.0746. The van der Waals surface area contributed by atoms with Gasteiger partial charge in [-0.05, 0) is 67.6 Å². The molecule has 2 heterocycles. The van der Waals surface area contributed by atoms with Crippen molar-refractivity contribution in [2.45, 2.75) is 6.92 Å². The highest BCUT2D eigenvalue weighted by atomic mass is 16.3. The topological polar surface area (TPSA) is 77.5 Å². The van der Waals surface area contributed by atoms with Gasteiger partial charge in [0.05, 0.1) is 0 Å². The molecule has 0 saturated carbocycles. The molecule has 0 aromatic carbocycles. The Balaban J connectivity index is 1.95. The van der Waals surface area contributed by atoms with Gasteiger partial charge in [0.1, 0.15) is 17.3 Å². The first-order valence-corrected chi connectivity index (χ1v) is 6.80. The lowest BCUT2D eigenvalue weighted by Crippen LogP contribution is -1.83. The van der Waals surface area contributed by atoms with E-state index in [1.54, 1.807) is 24.3 Å². The second kappa shape index (κ2) is 7.70. The zero-order valence-electron chi connectivity index (χ0n) is 12.4. The third-order valence-corrected chi connectivity index (χ3v) is 2.72. The Hall–Kier alpha value is -3.21. The van der Waals surface area contributed by atoms with E-state index in [2.05, 4.69) is 0 Å². The summed E-state index contributed by atoms with van der Waals surface area (Å²) in [5.74, 6) is 1.31. The number of carbonyl (C=O) groups is 3. The van der Waals surface area contributed by atoms with Crippen molar-refractivity contribution < 1.29 is 23.2 Å². The summed E-state index contributed by atoms with van der Waals surface area (Å²) >= 11 is 0. The lowest BCUT2D eigenvalue weighted by atomic mass is 10.3. The van der Waals surface area contributed by atoms with E-state index in [9.17, 15) is 14.4 Å². The molecule has 0 saturated heterocycles. The van der Waals surface area contributed by atoms with Crippen LogP contribution in [-0.4, -0.2) is 17.9 Å². The van der Waals surface area contributed by atoms with Crippen molar-refractivity contribution in [3.05, 3.63) is 65.5 Å². The Morgan fingerprint density at radius 1 is 0.783 bits per heavy atom. The Bertz CT molecular complexity index is 799. The van der Waals surface area contributed by atoms with Gasteiger partial charge in [0.25, 0.3) is 0 Å². The smallest absolute Gasteiger partial charge is 0.185 e. The van der Waals surface area contributed by atoms with Gasteiger partial charge < -0.3 is 8.83 Å². The minimum atomic E-state index is -0.258. The van der Waals surface area contributed by atoms with E-state index in [1.165, 1.54) is 43.4 Å². The fourth-order valence-electron chi connectivity index (χ4n) is 1.65. The van der Waals surface area contributed by atoms with Crippen LogP contribution in [-0.2, 0) is 9.59 Å². The quantitative estimate of drug-likeness (QED) is 0.577. The van der Waals surface area contributed by atoms with Gasteiger partial charge in [-0.15, -0.1) is 0 Å². The molecule has 0 atom stereocenters. The minimum Gasteiger partial charge on any atom is -0.457 e. The molecule has 23 heavy (non-hydrogen) atoms. The van der Waals surface area contributed by atoms with Gasteiger partial charge >= 0.3 is 0 Å². The molecule has 2 aromatic rings. The molecular weight excluding hydrogens is 296 g/mol. The molecule has 5 nitrogen and oxygen atoms in total. The van der Waals surface area contributed by atoms with Crippen molar-refractivity contribution in [2.24, 2.45) is 0 Å². The van der Waals surface area contributed by atoms with Crippen molar-refractivity contribution in [1.82, 2.24) is 0 Å². The van der Waals surface area contributed by atoms with Crippen LogP contribution in [0, 0.1) is 0 Å². The Morgan fingerprint density at radius 3 is 1.65 bits per heavy atom. The summed E-state index contributed by atoms with van der Waals surface area (Å²) in [5.41, 5.74) is 0. The van der Waals surface area contributed by atoms with Gasteiger partial charge in [0, 0.05) is 0 Å². The van der Waals surface area contributed by atoms with Crippen LogP contribution in [0.1, 0.15) is 34.8 Å². The van der Waals surface area contributed by atoms with Crippen LogP contribution in [0.4, 0.5) is 0 Å². The fourth-order valence-corrected chi connectivity index (χ4v) is 1.65. The molecule has 2 rings (SSSR count). The molecular formula is C18H14O5. The molecule has 0 aliphatic heterocycles. The molecule has 5 heteroatoms. The van der Waals surface area contributed by atoms with Crippen LogP contribution in [0.25, 0.3) is 18.2 Å². The predicted octanol–water partition coefficient (Wildman–Crippen LogP) is 3.58. The SMILES string of the molecule is CC(=O)/C=C/c1ccc(/C=C/C(=O)/C=C/c2ccc(C=O)o2)o1. The van der Waals surface area contributed by atoms with Crippen LogP contribution in [0.3, 0.4) is 0 Å². The monoisotopic (exact) mass is 310 g/mol. The van der Waals surface area contributed by atoms with Crippen LogP contribution in [0.15, 0.2) is 51.3 Å². The maximum absolute atomic E-state index is 11.7. The summed E-state index contributed by atoms with van der Waals surface area (Å²) in [6.07, 6.45) is 9.22. The summed E-state index contributed by atoms with van der Waals surface area (Å²) in [6.45, 7) is 1.45. The van der Waals surface area contributed by atoms with E-state index in [0.717, 1.165) is 0 Å². The summed E-state index contributed by atoms with van der Waals surface area (Å²) < 4.78 is 10.5. The van der Waals surface area contributed by atoms with Crippen LogP contribution >= 0.6 is 0 Å². The van der Waals surface area contributed by atoms with Gasteiger partial charge in [-0.3, -0.25) is 14.4 Å². The zero-order valence-corrected chi connectivity index (χ0v) is 12.4. The first kappa shape index (κ1) is 16.2. The van der Waals surface area contributed by atoms with Crippen molar-refractivity contribution in [3.63, 3.8) is 0 Å². The lowest BCUT2D eigenvalue weighted by molar-refractivity contribution is -0.112. The molecule has 0 fully saturated rings. The number of hydrogen-bond donors (Lipinski definition) is 0. The second-order valence-corrected chi connectivity index (χ2v) is 4.61. The predicted molar refractivity (Wildman–Crippen MR) is 85.6 cm³/mol. The average molecular weight is 310 g/mol. The first-order valence-electron chi connectivity index (χ1n) is 6.80. The maximum atomic E-state index is 11.7. The van der Waals surface area contributed by atoms with Gasteiger partial charge in [-0.25, -0.2) is 0 Å². The van der Waals surface area contributed by atoms with Crippen LogP contribution in [0.5, 0.6) is 0 Å². The highest BCUT2D eigenvalue weighted by Gasteiger charge is 1.99. The number of aldehydes is 1. The Morgan fingerprint density at radius 2 is 1.22 bits per heavy atom. The van der Waals surface area contributed by atoms with Gasteiger partial charge in [0.15, 0.2) is 23.6 Å². The number of hydrogen-bond acceptors (Lipinski definition) is 5. The second-order valence-electron chi connectivity index (χ2n) is 4.61. The van der Waals surface area contributed by atoms with E-state index in [0.29, 0.717) is 23.6 Å². The molecule has 2 aromatic heterocycles. The third-order valence-electron chi connectivity index (χ3n) is 2.72. The number of rotatable bonds is 7. The van der Waals surface area contributed by atoms with Crippen LogP contribution in [0.2, 0.25) is 0 Å². The molecule has 0 unspecified atom stereocenters. The largest absolute Gasteiger partial charge is 0.457 e. The number of carbonyl (C=O) groups excluding carboxylic acids is 3. The first-order chi connectivity index (χ1) is 11.1. The fraction of sp³-hybridized carbons (Fsp3) is 0.0556. The summed E-state index contributed by atoms with van der Waals surface area (Å²) in [6, 6.07) is 6.50. The van der Waals surface area contributed by atoms with E-state index >= 15 is 0 Å². The van der Waals surface area contributed by atoms with E-state index in [1.807, 2.05) is 0 Å². The molecule has 0 radical (unpaired) electrons. The zero-order chi connectivity index (χ0) is 16.7. The Kier molecular flexibility index (Phi) is 5.41. The lowest BCUT2D eigenvalue weighted by Gasteiger charge is -1.87. The average Bonchev–Trinajstić information content (AvgIpc) is 3.17. The highest BCUT2D eigenvalue weighted by molar-refractivity contribution is 6.04. The molecule has 0 N–H and O–H groups in total. The van der Waals surface area contributed by atoms with E-state index in [4.69, 9.17) is 8.83 Å². The van der Waals surface area contributed by atoms with Gasteiger partial charge in [0.2, 0.25) is 0 Å². The van der Waals surface area contributed by atoms with Crippen molar-refractivity contribution in [3.8, 4) is 0 Å². The number of ketones is 2. The molecule has 0 amide bonds. The molecule has 0 aliphatic rings. The van der Waals surface area contributed by atoms with Gasteiger partial charge in [-0.1, -0.05) is 0 Å². The third kappa shape index (κ3) is 5.24. The van der Waals surface area contributed by atoms with Crippen LogP contribution < -0.4 is 0 Å². The summed E-state index contributed by atoms with van der Waals surface area (Å²) in [4.78, 5) is 33.0. The normalized spacial score (nSPS) is 11.7. The molecule has 0 bridgehead atoms. The highest BCUT2D eigenvalue weighted by Crippen LogP contribution is 2.12. The van der Waals surface area contributed by atoms with E-state index in [-0.39, 0.29) is 17.3 Å². The number of allylic oxidation sites excluding steroid dienone is 3. The van der Waals surface area contributed by atoms with Crippen molar-refractivity contribution >= 4 is 36.1 Å².